The van der Waals surface area contributed by atoms with Gasteiger partial charge in [-0.2, -0.15) is 5.10 Å². The predicted molar refractivity (Wildman–Crippen MR) is 158 cm³/mol. The predicted octanol–water partition coefficient (Wildman–Crippen LogP) is 5.64. The molecule has 10 heteroatoms. The highest BCUT2D eigenvalue weighted by atomic mass is 35.5. The molecule has 4 rings (SSSR count). The van der Waals surface area contributed by atoms with E-state index in [1.807, 2.05) is 6.07 Å². The molecule has 0 bridgehead atoms. The molecule has 0 saturated carbocycles. The molecule has 0 unspecified atom stereocenters. The summed E-state index contributed by atoms with van der Waals surface area (Å²) in [5, 5.41) is 7.35. The maximum Gasteiger partial charge on any atom is 0.264 e. The Bertz CT molecular complexity index is 1660. The number of halogens is 1. The summed E-state index contributed by atoms with van der Waals surface area (Å²) in [5.74, 6) is -0.900. The van der Waals surface area contributed by atoms with E-state index in [9.17, 15) is 18.0 Å². The molecule has 2 N–H and O–H groups in total. The fourth-order valence-electron chi connectivity index (χ4n) is 3.86. The second-order valence-corrected chi connectivity index (χ2v) is 11.2. The topological polar surface area (TPSA) is 108 Å². The van der Waals surface area contributed by atoms with E-state index in [0.717, 1.165) is 4.31 Å². The van der Waals surface area contributed by atoms with Crippen molar-refractivity contribution < 1.29 is 18.0 Å². The van der Waals surface area contributed by atoms with Crippen molar-refractivity contribution in [2.24, 2.45) is 5.10 Å². The molecular formula is C30H27ClN4O4S. The first kappa shape index (κ1) is 28.5. The highest BCUT2D eigenvalue weighted by Gasteiger charge is 2.28. The van der Waals surface area contributed by atoms with Crippen LogP contribution in [0, 0.1) is 6.92 Å². The standard InChI is InChI=1S/C30H27ClN4O4S/c1-21-16-17-25(31)19-28(21)35(40(38,39)27-14-7-4-8-15-27)20-29(36)34-33-22(2)24-12-9-13-26(18-24)32-30(37)23-10-5-3-6-11-23/h3-19H,20H2,1-2H3,(H,32,37)(H,34,36)/b33-22-. The van der Waals surface area contributed by atoms with Crippen molar-refractivity contribution >= 4 is 50.5 Å². The number of nitrogens with one attached hydrogen (secondary N) is 2. The fraction of sp³-hybridized carbons (Fsp3) is 0.100. The van der Waals surface area contributed by atoms with Crippen molar-refractivity contribution in [3.8, 4) is 0 Å². The average molecular weight is 575 g/mol. The lowest BCUT2D eigenvalue weighted by Gasteiger charge is -2.25. The van der Waals surface area contributed by atoms with Gasteiger partial charge in [0.1, 0.15) is 6.54 Å². The van der Waals surface area contributed by atoms with Crippen molar-refractivity contribution in [2.75, 3.05) is 16.2 Å². The van der Waals surface area contributed by atoms with Crippen molar-refractivity contribution in [1.29, 1.82) is 0 Å². The fourth-order valence-corrected chi connectivity index (χ4v) is 5.53. The molecule has 4 aromatic rings. The Labute approximate surface area is 238 Å². The van der Waals surface area contributed by atoms with Crippen LogP contribution >= 0.6 is 11.6 Å². The normalized spacial score (nSPS) is 11.5. The molecule has 0 aliphatic carbocycles. The smallest absolute Gasteiger partial charge is 0.264 e. The van der Waals surface area contributed by atoms with Crippen LogP contribution in [0.3, 0.4) is 0 Å². The molecule has 0 heterocycles. The molecule has 0 aliphatic heterocycles. The van der Waals surface area contributed by atoms with Crippen LogP contribution in [-0.4, -0.2) is 32.5 Å². The molecule has 0 spiro atoms. The van der Waals surface area contributed by atoms with E-state index in [0.29, 0.717) is 33.1 Å². The summed E-state index contributed by atoms with van der Waals surface area (Å²) in [6, 6.07) is 28.6. The number of amides is 2. The summed E-state index contributed by atoms with van der Waals surface area (Å²) >= 11 is 6.17. The number of aryl methyl sites for hydroxylation is 1. The summed E-state index contributed by atoms with van der Waals surface area (Å²) < 4.78 is 28.1. The molecule has 0 aromatic heterocycles. The number of carbonyl (C=O) groups excluding carboxylic acids is 2. The number of nitrogens with zero attached hydrogens (tertiary/aromatic N) is 2. The van der Waals surface area contributed by atoms with Gasteiger partial charge in [0.2, 0.25) is 0 Å². The van der Waals surface area contributed by atoms with Gasteiger partial charge in [-0.3, -0.25) is 13.9 Å². The van der Waals surface area contributed by atoms with Gasteiger partial charge < -0.3 is 5.32 Å². The van der Waals surface area contributed by atoms with Gasteiger partial charge in [0.05, 0.1) is 16.3 Å². The lowest BCUT2D eigenvalue weighted by atomic mass is 10.1. The number of rotatable bonds is 9. The van der Waals surface area contributed by atoms with Gasteiger partial charge in [-0.1, -0.05) is 66.2 Å². The first-order valence-corrected chi connectivity index (χ1v) is 14.1. The Morgan fingerprint density at radius 1 is 0.850 bits per heavy atom. The van der Waals surface area contributed by atoms with E-state index < -0.39 is 22.5 Å². The Balaban J connectivity index is 1.53. The van der Waals surface area contributed by atoms with Gasteiger partial charge >= 0.3 is 0 Å². The van der Waals surface area contributed by atoms with Gasteiger partial charge in [0, 0.05) is 16.3 Å². The van der Waals surface area contributed by atoms with Crippen LogP contribution < -0.4 is 15.0 Å². The van der Waals surface area contributed by atoms with E-state index in [1.165, 1.54) is 18.2 Å². The number of sulfonamides is 1. The van der Waals surface area contributed by atoms with Crippen LogP contribution in [0.15, 0.2) is 113 Å². The van der Waals surface area contributed by atoms with Crippen LogP contribution in [0.2, 0.25) is 5.02 Å². The van der Waals surface area contributed by atoms with Gasteiger partial charge in [-0.05, 0) is 73.5 Å². The molecule has 204 valence electrons. The second kappa shape index (κ2) is 12.6. The van der Waals surface area contributed by atoms with E-state index in [4.69, 9.17) is 11.6 Å². The number of hydrogen-bond acceptors (Lipinski definition) is 5. The number of hydrazone groups is 1. The zero-order valence-electron chi connectivity index (χ0n) is 21.8. The largest absolute Gasteiger partial charge is 0.322 e. The third-order valence-electron chi connectivity index (χ3n) is 5.98. The summed E-state index contributed by atoms with van der Waals surface area (Å²) in [5.41, 5.74) is 5.56. The van der Waals surface area contributed by atoms with Crippen molar-refractivity contribution in [2.45, 2.75) is 18.7 Å². The summed E-state index contributed by atoms with van der Waals surface area (Å²) in [6.07, 6.45) is 0. The molecule has 8 nitrogen and oxygen atoms in total. The average Bonchev–Trinajstić information content (AvgIpc) is 2.97. The molecule has 0 saturated heterocycles. The molecule has 0 aliphatic rings. The summed E-state index contributed by atoms with van der Waals surface area (Å²) in [6.45, 7) is 2.91. The Morgan fingerprint density at radius 3 is 2.20 bits per heavy atom. The molecule has 0 radical (unpaired) electrons. The van der Waals surface area contributed by atoms with Crippen molar-refractivity contribution in [3.05, 3.63) is 125 Å². The van der Waals surface area contributed by atoms with Gasteiger partial charge in [-0.15, -0.1) is 0 Å². The first-order chi connectivity index (χ1) is 19.1. The Morgan fingerprint density at radius 2 is 1.50 bits per heavy atom. The highest BCUT2D eigenvalue weighted by Crippen LogP contribution is 2.29. The monoisotopic (exact) mass is 574 g/mol. The number of anilines is 2. The van der Waals surface area contributed by atoms with Gasteiger partial charge in [-0.25, -0.2) is 13.8 Å². The van der Waals surface area contributed by atoms with Gasteiger partial charge in [0.15, 0.2) is 0 Å². The lowest BCUT2D eigenvalue weighted by molar-refractivity contribution is -0.119. The van der Waals surface area contributed by atoms with Crippen LogP contribution in [0.5, 0.6) is 0 Å². The number of benzene rings is 4. The second-order valence-electron chi connectivity index (χ2n) is 8.89. The van der Waals surface area contributed by atoms with Crippen LogP contribution in [0.1, 0.15) is 28.4 Å². The minimum absolute atomic E-state index is 0.0382. The van der Waals surface area contributed by atoms with E-state index >= 15 is 0 Å². The molecule has 2 amide bonds. The van der Waals surface area contributed by atoms with Crippen LogP contribution in [0.4, 0.5) is 11.4 Å². The van der Waals surface area contributed by atoms with E-state index in [-0.39, 0.29) is 16.5 Å². The van der Waals surface area contributed by atoms with Crippen molar-refractivity contribution in [1.82, 2.24) is 5.43 Å². The number of carbonyl (C=O) groups is 2. The third kappa shape index (κ3) is 6.93. The molecule has 4 aromatic carbocycles. The van der Waals surface area contributed by atoms with E-state index in [1.54, 1.807) is 92.7 Å². The minimum atomic E-state index is -4.09. The lowest BCUT2D eigenvalue weighted by Crippen LogP contribution is -2.40. The third-order valence-corrected chi connectivity index (χ3v) is 7.99. The quantitative estimate of drug-likeness (QED) is 0.199. The SMILES string of the molecule is C/C(=N/NC(=O)CN(c1cc(Cl)ccc1C)S(=O)(=O)c1ccccc1)c1cccc(NC(=O)c2ccccc2)c1. The minimum Gasteiger partial charge on any atom is -0.322 e. The van der Waals surface area contributed by atoms with Crippen molar-refractivity contribution in [3.63, 3.8) is 0 Å². The maximum atomic E-state index is 13.6. The Hall–Kier alpha value is -4.47. The Kier molecular flexibility index (Phi) is 8.98. The molecular weight excluding hydrogens is 548 g/mol. The van der Waals surface area contributed by atoms with Crippen LogP contribution in [-0.2, 0) is 14.8 Å². The summed E-state index contributed by atoms with van der Waals surface area (Å²) in [7, 11) is -4.09. The zero-order valence-corrected chi connectivity index (χ0v) is 23.4. The molecule has 0 fully saturated rings. The number of hydrogen-bond donors (Lipinski definition) is 2. The molecule has 40 heavy (non-hydrogen) atoms. The summed E-state index contributed by atoms with van der Waals surface area (Å²) in [4.78, 5) is 25.5. The molecule has 0 atom stereocenters. The van der Waals surface area contributed by atoms with Gasteiger partial charge in [0.25, 0.3) is 21.8 Å². The van der Waals surface area contributed by atoms with Crippen LogP contribution in [0.25, 0.3) is 0 Å². The highest BCUT2D eigenvalue weighted by molar-refractivity contribution is 7.92. The maximum absolute atomic E-state index is 13.6. The van der Waals surface area contributed by atoms with E-state index in [2.05, 4.69) is 15.8 Å². The zero-order chi connectivity index (χ0) is 28.7. The first-order valence-electron chi connectivity index (χ1n) is 12.3.